The van der Waals surface area contributed by atoms with Gasteiger partial charge in [0.05, 0.1) is 6.04 Å². The summed E-state index contributed by atoms with van der Waals surface area (Å²) in [7, 11) is 0. The van der Waals surface area contributed by atoms with E-state index < -0.39 is 0 Å². The fraction of sp³-hybridized carbons (Fsp3) is 0.538. The maximum atomic E-state index is 13.9. The van der Waals surface area contributed by atoms with Crippen LogP contribution in [-0.2, 0) is 4.74 Å². The summed E-state index contributed by atoms with van der Waals surface area (Å²) in [6.07, 6.45) is 2.87. The first kappa shape index (κ1) is 13.9. The minimum atomic E-state index is -0.223. The van der Waals surface area contributed by atoms with E-state index in [0.717, 1.165) is 36.9 Å². The molecule has 0 bridgehead atoms. The molecule has 0 aromatic heterocycles. The van der Waals surface area contributed by atoms with Crippen molar-refractivity contribution in [2.24, 2.45) is 11.8 Å². The van der Waals surface area contributed by atoms with E-state index >= 15 is 0 Å². The van der Waals surface area contributed by atoms with Crippen LogP contribution in [0.25, 0.3) is 0 Å². The number of nitrogens with one attached hydrogen (secondary N) is 1. The molecule has 1 fully saturated rings. The Hall–Kier alpha value is -0.490. The molecule has 100 valence electrons. The van der Waals surface area contributed by atoms with Gasteiger partial charge in [-0.15, -0.1) is 0 Å². The van der Waals surface area contributed by atoms with Gasteiger partial charge in [-0.25, -0.2) is 4.39 Å². The predicted octanol–water partition coefficient (Wildman–Crippen LogP) is 2.91. The van der Waals surface area contributed by atoms with Crippen molar-refractivity contribution in [3.05, 3.63) is 34.1 Å². The van der Waals surface area contributed by atoms with Crippen molar-refractivity contribution in [3.8, 4) is 0 Å². The standard InChI is InChI=1S/C13H18BrFN2O/c14-10-2-1-3-11(15)13(10)12(17-16)8-9-4-6-18-7-5-9/h1-3,9,12,17H,4-8,16H2. The Morgan fingerprint density at radius 1 is 1.44 bits per heavy atom. The van der Waals surface area contributed by atoms with Crippen LogP contribution in [0.4, 0.5) is 4.39 Å². The zero-order valence-corrected chi connectivity index (χ0v) is 11.7. The molecular formula is C13H18BrFN2O. The highest BCUT2D eigenvalue weighted by molar-refractivity contribution is 9.10. The van der Waals surface area contributed by atoms with Crippen LogP contribution in [0.15, 0.2) is 22.7 Å². The van der Waals surface area contributed by atoms with Crippen LogP contribution in [0.5, 0.6) is 0 Å². The molecule has 3 nitrogen and oxygen atoms in total. The maximum absolute atomic E-state index is 13.9. The van der Waals surface area contributed by atoms with Gasteiger partial charge >= 0.3 is 0 Å². The van der Waals surface area contributed by atoms with Gasteiger partial charge in [0.2, 0.25) is 0 Å². The number of hydrogen-bond donors (Lipinski definition) is 2. The van der Waals surface area contributed by atoms with Gasteiger partial charge in [0.15, 0.2) is 0 Å². The third-order valence-electron chi connectivity index (χ3n) is 3.46. The third kappa shape index (κ3) is 3.29. The van der Waals surface area contributed by atoms with Crippen LogP contribution in [0.3, 0.4) is 0 Å². The van der Waals surface area contributed by atoms with E-state index in [0.29, 0.717) is 11.5 Å². The lowest BCUT2D eigenvalue weighted by atomic mass is 9.89. The molecule has 0 saturated carbocycles. The molecule has 1 aliphatic rings. The van der Waals surface area contributed by atoms with Gasteiger partial charge in [-0.3, -0.25) is 11.3 Å². The zero-order valence-electron chi connectivity index (χ0n) is 10.2. The van der Waals surface area contributed by atoms with Gasteiger partial charge < -0.3 is 4.74 Å². The molecule has 0 spiro atoms. The molecule has 1 aromatic rings. The molecule has 2 rings (SSSR count). The van der Waals surface area contributed by atoms with E-state index in [-0.39, 0.29) is 11.9 Å². The fourth-order valence-electron chi connectivity index (χ4n) is 2.43. The van der Waals surface area contributed by atoms with Crippen LogP contribution < -0.4 is 11.3 Å². The lowest BCUT2D eigenvalue weighted by Gasteiger charge is -2.27. The average molecular weight is 317 g/mol. The Balaban J connectivity index is 2.12. The van der Waals surface area contributed by atoms with Crippen molar-refractivity contribution in [2.45, 2.75) is 25.3 Å². The lowest BCUT2D eigenvalue weighted by molar-refractivity contribution is 0.0603. The summed E-state index contributed by atoms with van der Waals surface area (Å²) in [4.78, 5) is 0. The Labute approximate surface area is 115 Å². The molecule has 18 heavy (non-hydrogen) atoms. The van der Waals surface area contributed by atoms with E-state index in [1.54, 1.807) is 6.07 Å². The second-order valence-corrected chi connectivity index (χ2v) is 5.50. The fourth-order valence-corrected chi connectivity index (χ4v) is 3.05. The Bertz CT molecular complexity index is 376. The Kier molecular flexibility index (Phi) is 5.12. The first-order valence-corrected chi connectivity index (χ1v) is 6.99. The molecule has 5 heteroatoms. The van der Waals surface area contributed by atoms with E-state index in [9.17, 15) is 4.39 Å². The van der Waals surface area contributed by atoms with Crippen molar-refractivity contribution >= 4 is 15.9 Å². The predicted molar refractivity (Wildman–Crippen MR) is 72.3 cm³/mol. The lowest BCUT2D eigenvalue weighted by Crippen LogP contribution is -2.32. The van der Waals surface area contributed by atoms with E-state index in [2.05, 4.69) is 21.4 Å². The molecule has 0 amide bonds. The Morgan fingerprint density at radius 2 is 2.17 bits per heavy atom. The van der Waals surface area contributed by atoms with Crippen molar-refractivity contribution in [2.75, 3.05) is 13.2 Å². The van der Waals surface area contributed by atoms with Crippen LogP contribution >= 0.6 is 15.9 Å². The molecule has 1 aliphatic heterocycles. The average Bonchev–Trinajstić information content (AvgIpc) is 2.38. The maximum Gasteiger partial charge on any atom is 0.129 e. The normalized spacial score (nSPS) is 18.8. The first-order chi connectivity index (χ1) is 8.72. The number of nitrogens with two attached hydrogens (primary N) is 1. The number of benzene rings is 1. The zero-order chi connectivity index (χ0) is 13.0. The number of rotatable bonds is 4. The molecule has 1 unspecified atom stereocenters. The van der Waals surface area contributed by atoms with E-state index in [4.69, 9.17) is 10.6 Å². The van der Waals surface area contributed by atoms with Crippen molar-refractivity contribution in [3.63, 3.8) is 0 Å². The van der Waals surface area contributed by atoms with Gasteiger partial charge in [-0.1, -0.05) is 22.0 Å². The minimum absolute atomic E-state index is 0.163. The number of hydrogen-bond acceptors (Lipinski definition) is 3. The van der Waals surface area contributed by atoms with Gasteiger partial charge in [-0.05, 0) is 37.3 Å². The molecule has 3 N–H and O–H groups in total. The van der Waals surface area contributed by atoms with Crippen LogP contribution in [0.1, 0.15) is 30.9 Å². The van der Waals surface area contributed by atoms with Crippen molar-refractivity contribution in [1.82, 2.24) is 5.43 Å². The van der Waals surface area contributed by atoms with Crippen LogP contribution in [0.2, 0.25) is 0 Å². The highest BCUT2D eigenvalue weighted by Gasteiger charge is 2.23. The summed E-state index contributed by atoms with van der Waals surface area (Å²) in [5.41, 5.74) is 3.35. The van der Waals surface area contributed by atoms with Gasteiger partial charge in [0.1, 0.15) is 5.82 Å². The minimum Gasteiger partial charge on any atom is -0.381 e. The van der Waals surface area contributed by atoms with Crippen LogP contribution in [-0.4, -0.2) is 13.2 Å². The smallest absolute Gasteiger partial charge is 0.129 e. The monoisotopic (exact) mass is 316 g/mol. The molecule has 1 atom stereocenters. The number of halogens is 2. The van der Waals surface area contributed by atoms with Crippen molar-refractivity contribution < 1.29 is 9.13 Å². The van der Waals surface area contributed by atoms with Crippen molar-refractivity contribution in [1.29, 1.82) is 0 Å². The SMILES string of the molecule is NNC(CC1CCOCC1)c1c(F)cccc1Br. The highest BCUT2D eigenvalue weighted by atomic mass is 79.9. The third-order valence-corrected chi connectivity index (χ3v) is 4.15. The van der Waals surface area contributed by atoms with E-state index in [1.807, 2.05) is 6.07 Å². The first-order valence-electron chi connectivity index (χ1n) is 6.20. The summed E-state index contributed by atoms with van der Waals surface area (Å²) in [6, 6.07) is 4.83. The van der Waals surface area contributed by atoms with Gasteiger partial charge in [0.25, 0.3) is 0 Å². The number of hydrazine groups is 1. The largest absolute Gasteiger partial charge is 0.381 e. The second kappa shape index (κ2) is 6.61. The molecular weight excluding hydrogens is 299 g/mol. The second-order valence-electron chi connectivity index (χ2n) is 4.65. The summed E-state index contributed by atoms with van der Waals surface area (Å²) < 4.78 is 20.0. The molecule has 0 aliphatic carbocycles. The number of ether oxygens (including phenoxy) is 1. The highest BCUT2D eigenvalue weighted by Crippen LogP contribution is 2.32. The van der Waals surface area contributed by atoms with Crippen LogP contribution in [0, 0.1) is 11.7 Å². The van der Waals surface area contributed by atoms with Gasteiger partial charge in [0, 0.05) is 23.2 Å². The molecule has 1 saturated heterocycles. The summed E-state index contributed by atoms with van der Waals surface area (Å²) >= 11 is 3.39. The Morgan fingerprint density at radius 3 is 2.78 bits per heavy atom. The molecule has 1 heterocycles. The summed E-state index contributed by atoms with van der Waals surface area (Å²) in [6.45, 7) is 1.58. The quantitative estimate of drug-likeness (QED) is 0.663. The molecule has 0 radical (unpaired) electrons. The summed E-state index contributed by atoms with van der Waals surface area (Å²) in [5, 5.41) is 0. The summed E-state index contributed by atoms with van der Waals surface area (Å²) in [5.74, 6) is 5.90. The van der Waals surface area contributed by atoms with Gasteiger partial charge in [-0.2, -0.15) is 0 Å². The molecule has 1 aromatic carbocycles. The topological polar surface area (TPSA) is 47.3 Å². The van der Waals surface area contributed by atoms with E-state index in [1.165, 1.54) is 6.07 Å².